The summed E-state index contributed by atoms with van der Waals surface area (Å²) in [4.78, 5) is 130. The van der Waals surface area contributed by atoms with Gasteiger partial charge in [-0.2, -0.15) is 11.8 Å². The highest BCUT2D eigenvalue weighted by molar-refractivity contribution is 8.76. The Balaban J connectivity index is 2.61. The molecule has 64 heavy (non-hydrogen) atoms. The minimum Gasteiger partial charge on any atom is -0.370 e. The lowest BCUT2D eigenvalue weighted by Crippen LogP contribution is -2.60. The van der Waals surface area contributed by atoms with Gasteiger partial charge in [-0.05, 0) is 62.9 Å². The summed E-state index contributed by atoms with van der Waals surface area (Å²) in [5.74, 6) is -6.65. The summed E-state index contributed by atoms with van der Waals surface area (Å²) in [6.45, 7) is 4.38. The Kier molecular flexibility index (Phi) is 24.5. The van der Waals surface area contributed by atoms with E-state index >= 15 is 0 Å². The first-order chi connectivity index (χ1) is 30.2. The predicted octanol–water partition coefficient (Wildman–Crippen LogP) is -4.58. The molecule has 0 unspecified atom stereocenters. The van der Waals surface area contributed by atoms with Crippen molar-refractivity contribution in [2.45, 2.75) is 108 Å². The summed E-state index contributed by atoms with van der Waals surface area (Å²) < 4.78 is 0. The SMILES string of the molecule is CSCC[C@@H]1NC(=O)[C@H](NC(C)=O)CSSC[C@@H](C(N)=O)NC(=O)CNC(=O)[C@H](CCCN=C(N)N)NC(=O)[C@H](CC(C)C)NC(=O)[C@H](CCN=C(N)N)NC(=O)[C@@H]2CCCN2C1=O. The Labute approximate surface area is 384 Å². The molecule has 17 N–H and O–H groups in total. The number of carbonyl (C=O) groups excluding carboxylic acids is 9. The van der Waals surface area contributed by atoms with Crippen LogP contribution in [0.1, 0.15) is 65.7 Å². The quantitative estimate of drug-likeness (QED) is 0.0337. The molecule has 360 valence electrons. The lowest BCUT2D eigenvalue weighted by molar-refractivity contribution is -0.142. The molecule has 0 radical (unpaired) electrons. The number of nitrogens with one attached hydrogen (secondary N) is 7. The van der Waals surface area contributed by atoms with Gasteiger partial charge in [-0.15, -0.1) is 0 Å². The summed E-state index contributed by atoms with van der Waals surface area (Å²) in [5, 5.41) is 18.3. The third-order valence-corrected chi connectivity index (χ3v) is 12.7. The van der Waals surface area contributed by atoms with Gasteiger partial charge in [0.2, 0.25) is 53.2 Å². The van der Waals surface area contributed by atoms with Gasteiger partial charge in [-0.25, -0.2) is 0 Å². The van der Waals surface area contributed by atoms with Crippen molar-refractivity contribution in [3.63, 3.8) is 0 Å². The van der Waals surface area contributed by atoms with E-state index in [1.54, 1.807) is 0 Å². The standard InChI is InChI=1S/C37H65N15O9S3/c1-19(2)15-24-32(58)48-21(7-5-11-43-36(39)40)30(56)45-16-28(54)47-25(29(38)55)17-63-64-18-26(46-20(3)53)33(59)50-23(10-14-62-4)35(61)52-13-6-8-27(52)34(60)49-22(31(57)51-24)9-12-44-37(41)42/h19,21-27H,5-18H2,1-4H3,(H2,38,55)(H,45,56)(H,46,53)(H,47,54)(H,48,58)(H,49,60)(H,50,59)(H,51,57)(H4,39,40,43)(H4,41,42,44)/t21-,22-,23-,24-,25-,26+,27-/m0/s1. The summed E-state index contributed by atoms with van der Waals surface area (Å²) in [7, 11) is 2.17. The molecule has 0 aromatic heterocycles. The van der Waals surface area contributed by atoms with Crippen LogP contribution in [0.2, 0.25) is 0 Å². The molecule has 2 aliphatic rings. The fourth-order valence-electron chi connectivity index (χ4n) is 6.54. The van der Waals surface area contributed by atoms with Crippen LogP contribution in [-0.4, -0.2) is 162 Å². The Morgan fingerprint density at radius 2 is 1.36 bits per heavy atom. The van der Waals surface area contributed by atoms with E-state index in [2.05, 4.69) is 47.2 Å². The Hall–Kier alpha value is -5.18. The van der Waals surface area contributed by atoms with Crippen molar-refractivity contribution in [2.24, 2.45) is 44.6 Å². The minimum absolute atomic E-state index is 0.000458. The average Bonchev–Trinajstić information content (AvgIpc) is 3.71. The number of guanidine groups is 2. The normalized spacial score (nSPS) is 25.0. The number of amides is 9. The number of aliphatic imine (C=N–C) groups is 2. The summed E-state index contributed by atoms with van der Waals surface area (Å²) >= 11 is 1.43. The molecule has 0 aliphatic carbocycles. The van der Waals surface area contributed by atoms with E-state index in [1.807, 2.05) is 20.1 Å². The van der Waals surface area contributed by atoms with E-state index in [-0.39, 0.29) is 87.5 Å². The van der Waals surface area contributed by atoms with Crippen molar-refractivity contribution in [3.05, 3.63) is 0 Å². The largest absolute Gasteiger partial charge is 0.370 e. The molecule has 0 spiro atoms. The molecule has 2 aliphatic heterocycles. The molecule has 0 aromatic rings. The fraction of sp³-hybridized carbons (Fsp3) is 0.703. The van der Waals surface area contributed by atoms with Crippen molar-refractivity contribution in [3.8, 4) is 0 Å². The lowest BCUT2D eigenvalue weighted by Gasteiger charge is -2.31. The van der Waals surface area contributed by atoms with Gasteiger partial charge >= 0.3 is 0 Å². The number of fused-ring (bicyclic) bond motifs is 1. The van der Waals surface area contributed by atoms with E-state index in [1.165, 1.54) is 23.6 Å². The van der Waals surface area contributed by atoms with Gasteiger partial charge in [0.15, 0.2) is 11.9 Å². The van der Waals surface area contributed by atoms with Crippen molar-refractivity contribution >= 4 is 98.4 Å². The average molecular weight is 960 g/mol. The molecule has 2 rings (SSSR count). The van der Waals surface area contributed by atoms with Gasteiger partial charge in [0, 0.05) is 38.1 Å². The molecule has 2 fully saturated rings. The highest BCUT2D eigenvalue weighted by atomic mass is 33.1. The summed E-state index contributed by atoms with van der Waals surface area (Å²) in [5.41, 5.74) is 27.5. The van der Waals surface area contributed by atoms with Crippen molar-refractivity contribution < 1.29 is 43.2 Å². The van der Waals surface area contributed by atoms with Crippen LogP contribution in [0.25, 0.3) is 0 Å². The van der Waals surface area contributed by atoms with Gasteiger partial charge in [0.1, 0.15) is 42.3 Å². The molecule has 7 atom stereocenters. The number of thioether (sulfide) groups is 1. The van der Waals surface area contributed by atoms with Crippen molar-refractivity contribution in [2.75, 3.05) is 49.7 Å². The number of primary amides is 1. The zero-order valence-corrected chi connectivity index (χ0v) is 39.1. The van der Waals surface area contributed by atoms with Crippen LogP contribution in [0.5, 0.6) is 0 Å². The number of nitrogens with zero attached hydrogens (tertiary/aromatic N) is 3. The van der Waals surface area contributed by atoms with Crippen LogP contribution >= 0.6 is 33.3 Å². The van der Waals surface area contributed by atoms with Crippen LogP contribution in [0, 0.1) is 5.92 Å². The number of hydrogen-bond acceptors (Lipinski definition) is 14. The van der Waals surface area contributed by atoms with Crippen LogP contribution in [0.15, 0.2) is 9.98 Å². The first kappa shape index (κ1) is 55.0. The maximum absolute atomic E-state index is 14.2. The molecule has 27 heteroatoms. The molecule has 0 aromatic carbocycles. The second-order valence-corrected chi connectivity index (χ2v) is 19.0. The van der Waals surface area contributed by atoms with E-state index in [4.69, 9.17) is 28.7 Å². The number of rotatable bonds is 14. The summed E-state index contributed by atoms with van der Waals surface area (Å²) in [6, 6.07) is -8.28. The van der Waals surface area contributed by atoms with E-state index in [9.17, 15) is 43.2 Å². The van der Waals surface area contributed by atoms with Gasteiger partial charge in [0.05, 0.1) is 6.54 Å². The van der Waals surface area contributed by atoms with Crippen LogP contribution in [0.3, 0.4) is 0 Å². The lowest BCUT2D eigenvalue weighted by atomic mass is 10.0. The topological polar surface area (TPSA) is 396 Å². The van der Waals surface area contributed by atoms with Gasteiger partial charge < -0.3 is 70.8 Å². The predicted molar refractivity (Wildman–Crippen MR) is 247 cm³/mol. The zero-order valence-electron chi connectivity index (χ0n) is 36.6. The van der Waals surface area contributed by atoms with Crippen LogP contribution in [0.4, 0.5) is 0 Å². The zero-order chi connectivity index (χ0) is 47.9. The first-order valence-electron chi connectivity index (χ1n) is 20.7. The maximum Gasteiger partial charge on any atom is 0.245 e. The Morgan fingerprint density at radius 1 is 0.766 bits per heavy atom. The number of hydrogen-bond donors (Lipinski definition) is 12. The Morgan fingerprint density at radius 3 is 1.98 bits per heavy atom. The second-order valence-electron chi connectivity index (χ2n) is 15.5. The molecule has 0 saturated carbocycles. The van der Waals surface area contributed by atoms with Gasteiger partial charge in [0.25, 0.3) is 0 Å². The highest BCUT2D eigenvalue weighted by Gasteiger charge is 2.40. The molecular weight excluding hydrogens is 895 g/mol. The molecule has 9 amide bonds. The second kappa shape index (κ2) is 28.6. The fourth-order valence-corrected chi connectivity index (χ4v) is 9.35. The molecule has 24 nitrogen and oxygen atoms in total. The number of nitrogens with two attached hydrogens (primary N) is 5. The van der Waals surface area contributed by atoms with Crippen LogP contribution in [-0.2, 0) is 43.2 Å². The highest BCUT2D eigenvalue weighted by Crippen LogP contribution is 2.24. The summed E-state index contributed by atoms with van der Waals surface area (Å²) in [6.07, 6.45) is 2.88. The first-order valence-corrected chi connectivity index (χ1v) is 24.6. The third-order valence-electron chi connectivity index (χ3n) is 9.68. The van der Waals surface area contributed by atoms with Crippen molar-refractivity contribution in [1.29, 1.82) is 0 Å². The molecule has 2 heterocycles. The molecular formula is C37H65N15O9S3. The third kappa shape index (κ3) is 20.1. The van der Waals surface area contributed by atoms with E-state index in [0.29, 0.717) is 12.2 Å². The molecule has 0 bridgehead atoms. The Bertz CT molecular complexity index is 1720. The van der Waals surface area contributed by atoms with Gasteiger partial charge in [-0.3, -0.25) is 53.1 Å². The monoisotopic (exact) mass is 959 g/mol. The minimum atomic E-state index is -1.31. The van der Waals surface area contributed by atoms with E-state index < -0.39 is 102 Å². The van der Waals surface area contributed by atoms with Crippen molar-refractivity contribution in [1.82, 2.24) is 42.1 Å². The maximum atomic E-state index is 14.2. The smallest absolute Gasteiger partial charge is 0.245 e. The van der Waals surface area contributed by atoms with E-state index in [0.717, 1.165) is 21.6 Å². The molecule has 2 saturated heterocycles. The van der Waals surface area contributed by atoms with Crippen LogP contribution < -0.4 is 65.9 Å². The number of carbonyl (C=O) groups is 9. The van der Waals surface area contributed by atoms with Gasteiger partial charge in [-0.1, -0.05) is 35.4 Å².